The van der Waals surface area contributed by atoms with Crippen LogP contribution in [0.4, 0.5) is 0 Å². The van der Waals surface area contributed by atoms with E-state index in [9.17, 15) is 9.59 Å². The summed E-state index contributed by atoms with van der Waals surface area (Å²) in [6.07, 6.45) is 4.81. The van der Waals surface area contributed by atoms with Crippen molar-refractivity contribution in [2.24, 2.45) is 0 Å². The van der Waals surface area contributed by atoms with Crippen molar-refractivity contribution < 1.29 is 14.7 Å². The number of Topliss-reactive ketones (excluding diaryl/α,β-unsaturated/α-hetero) is 1. The number of ketones is 1. The van der Waals surface area contributed by atoms with Gasteiger partial charge in [-0.3, -0.25) is 4.79 Å². The number of carbonyl (C=O) groups is 2. The maximum Gasteiger partial charge on any atom is 0.339 e. The van der Waals surface area contributed by atoms with E-state index in [-0.39, 0.29) is 5.57 Å². The van der Waals surface area contributed by atoms with Crippen LogP contribution in [-0.2, 0) is 9.59 Å². The highest BCUT2D eigenvalue weighted by atomic mass is 32.2. The molecule has 0 aliphatic heterocycles. The van der Waals surface area contributed by atoms with Crippen molar-refractivity contribution in [2.75, 3.05) is 6.26 Å². The zero-order chi connectivity index (χ0) is 12.1. The first-order chi connectivity index (χ1) is 7.56. The summed E-state index contributed by atoms with van der Waals surface area (Å²) in [5.74, 6) is -1.69. The average molecular weight is 237 g/mol. The van der Waals surface area contributed by atoms with Gasteiger partial charge in [-0.1, -0.05) is 6.07 Å². The highest BCUT2D eigenvalue weighted by Crippen LogP contribution is 2.19. The molecule has 0 saturated heterocycles. The number of carbonyl (C=O) groups excluding carboxylic acids is 1. The first-order valence-corrected chi connectivity index (χ1v) is 5.73. The molecule has 4 nitrogen and oxygen atoms in total. The second-order valence-electron chi connectivity index (χ2n) is 3.02. The maximum absolute atomic E-state index is 11.1. The first kappa shape index (κ1) is 12.4. The summed E-state index contributed by atoms with van der Waals surface area (Å²) in [6.45, 7) is 1.23. The van der Waals surface area contributed by atoms with Crippen LogP contribution in [0.15, 0.2) is 28.9 Å². The lowest BCUT2D eigenvalue weighted by atomic mass is 10.1. The van der Waals surface area contributed by atoms with Gasteiger partial charge < -0.3 is 5.11 Å². The summed E-state index contributed by atoms with van der Waals surface area (Å²) in [7, 11) is 0. The SMILES string of the molecule is CSc1ncccc1/C=C(/C(C)=O)C(=O)O. The monoisotopic (exact) mass is 237 g/mol. The summed E-state index contributed by atoms with van der Waals surface area (Å²) in [6, 6.07) is 3.43. The molecule has 0 spiro atoms. The van der Waals surface area contributed by atoms with Gasteiger partial charge in [-0.2, -0.15) is 0 Å². The Morgan fingerprint density at radius 1 is 1.50 bits per heavy atom. The van der Waals surface area contributed by atoms with E-state index in [1.165, 1.54) is 24.8 Å². The number of rotatable bonds is 4. The van der Waals surface area contributed by atoms with E-state index in [2.05, 4.69) is 4.98 Å². The molecule has 5 heteroatoms. The molecule has 1 heterocycles. The molecule has 16 heavy (non-hydrogen) atoms. The Kier molecular flexibility index (Phi) is 4.25. The van der Waals surface area contributed by atoms with Crippen LogP contribution in [0.2, 0.25) is 0 Å². The Morgan fingerprint density at radius 2 is 2.19 bits per heavy atom. The van der Waals surface area contributed by atoms with Crippen LogP contribution in [0.3, 0.4) is 0 Å². The molecule has 0 unspecified atom stereocenters. The van der Waals surface area contributed by atoms with Gasteiger partial charge in [-0.25, -0.2) is 9.78 Å². The lowest BCUT2D eigenvalue weighted by molar-refractivity contribution is -0.134. The number of aliphatic carboxylic acids is 1. The van der Waals surface area contributed by atoms with Gasteiger partial charge in [-0.05, 0) is 25.3 Å². The lowest BCUT2D eigenvalue weighted by Crippen LogP contribution is -2.08. The minimum Gasteiger partial charge on any atom is -0.478 e. The second kappa shape index (κ2) is 5.46. The van der Waals surface area contributed by atoms with Crippen molar-refractivity contribution in [1.82, 2.24) is 4.98 Å². The zero-order valence-corrected chi connectivity index (χ0v) is 9.75. The van der Waals surface area contributed by atoms with Crippen molar-refractivity contribution in [3.05, 3.63) is 29.5 Å². The van der Waals surface area contributed by atoms with Gasteiger partial charge in [0.15, 0.2) is 5.78 Å². The summed E-state index contributed by atoms with van der Waals surface area (Å²) >= 11 is 1.40. The Balaban J connectivity index is 3.23. The molecule has 0 atom stereocenters. The third kappa shape index (κ3) is 2.93. The van der Waals surface area contributed by atoms with Crippen LogP contribution < -0.4 is 0 Å². The van der Waals surface area contributed by atoms with E-state index in [1.807, 2.05) is 6.26 Å². The number of hydrogen-bond donors (Lipinski definition) is 1. The molecule has 0 radical (unpaired) electrons. The summed E-state index contributed by atoms with van der Waals surface area (Å²) in [5, 5.41) is 9.55. The fraction of sp³-hybridized carbons (Fsp3) is 0.182. The number of hydrogen-bond acceptors (Lipinski definition) is 4. The molecule has 1 aromatic rings. The van der Waals surface area contributed by atoms with Gasteiger partial charge in [0.05, 0.1) is 0 Å². The lowest BCUT2D eigenvalue weighted by Gasteiger charge is -2.02. The number of thioether (sulfide) groups is 1. The molecular weight excluding hydrogens is 226 g/mol. The molecule has 1 aromatic heterocycles. The highest BCUT2D eigenvalue weighted by Gasteiger charge is 2.13. The van der Waals surface area contributed by atoms with Gasteiger partial charge in [0, 0.05) is 11.8 Å². The molecule has 84 valence electrons. The molecule has 1 rings (SSSR count). The number of carboxylic acid groups (broad SMARTS) is 1. The molecule has 1 N–H and O–H groups in total. The van der Waals surface area contributed by atoms with Gasteiger partial charge in [0.25, 0.3) is 0 Å². The third-order valence-corrected chi connectivity index (χ3v) is 2.63. The molecular formula is C11H11NO3S. The minimum absolute atomic E-state index is 0.233. The summed E-state index contributed by atoms with van der Waals surface area (Å²) < 4.78 is 0. The van der Waals surface area contributed by atoms with E-state index in [4.69, 9.17) is 5.11 Å². The molecule has 0 aliphatic carbocycles. The van der Waals surface area contributed by atoms with Crippen LogP contribution in [0.25, 0.3) is 6.08 Å². The quantitative estimate of drug-likeness (QED) is 0.374. The predicted octanol–water partition coefficient (Wildman–Crippen LogP) is 1.86. The zero-order valence-electron chi connectivity index (χ0n) is 8.93. The normalized spacial score (nSPS) is 11.2. The Labute approximate surface area is 97.4 Å². The molecule has 0 saturated carbocycles. The topological polar surface area (TPSA) is 67.3 Å². The van der Waals surface area contributed by atoms with Crippen LogP contribution in [0, 0.1) is 0 Å². The highest BCUT2D eigenvalue weighted by molar-refractivity contribution is 7.98. The minimum atomic E-state index is -1.22. The van der Waals surface area contributed by atoms with Crippen molar-refractivity contribution >= 4 is 29.6 Å². The predicted molar refractivity (Wildman–Crippen MR) is 62.3 cm³/mol. The van der Waals surface area contributed by atoms with E-state index in [0.29, 0.717) is 10.6 Å². The second-order valence-corrected chi connectivity index (χ2v) is 3.82. The van der Waals surface area contributed by atoms with E-state index in [0.717, 1.165) is 0 Å². The molecule has 0 aliphatic rings. The maximum atomic E-state index is 11.1. The van der Waals surface area contributed by atoms with Gasteiger partial charge in [0.1, 0.15) is 10.6 Å². The molecule has 0 amide bonds. The smallest absolute Gasteiger partial charge is 0.339 e. The Morgan fingerprint density at radius 3 is 2.69 bits per heavy atom. The number of nitrogens with zero attached hydrogens (tertiary/aromatic N) is 1. The first-order valence-electron chi connectivity index (χ1n) is 4.51. The van der Waals surface area contributed by atoms with E-state index < -0.39 is 11.8 Å². The van der Waals surface area contributed by atoms with Crippen LogP contribution in [0.5, 0.6) is 0 Å². The van der Waals surface area contributed by atoms with Crippen LogP contribution in [-0.4, -0.2) is 28.1 Å². The van der Waals surface area contributed by atoms with Crippen molar-refractivity contribution in [1.29, 1.82) is 0 Å². The standard InChI is InChI=1S/C11H11NO3S/c1-7(13)9(11(14)15)6-8-4-3-5-12-10(8)16-2/h3-6H,1-2H3,(H,14,15)/b9-6-. The van der Waals surface area contributed by atoms with Crippen LogP contribution in [0.1, 0.15) is 12.5 Å². The molecule has 0 fully saturated rings. The number of carboxylic acids is 1. The summed E-state index contributed by atoms with van der Waals surface area (Å²) in [5.41, 5.74) is 0.408. The largest absolute Gasteiger partial charge is 0.478 e. The molecule has 0 bridgehead atoms. The van der Waals surface area contributed by atoms with E-state index in [1.54, 1.807) is 18.3 Å². The van der Waals surface area contributed by atoms with Gasteiger partial charge in [-0.15, -0.1) is 11.8 Å². The Hall–Kier alpha value is -1.62. The fourth-order valence-electron chi connectivity index (χ4n) is 1.15. The van der Waals surface area contributed by atoms with Crippen molar-refractivity contribution in [2.45, 2.75) is 11.9 Å². The van der Waals surface area contributed by atoms with E-state index >= 15 is 0 Å². The number of aromatic nitrogens is 1. The van der Waals surface area contributed by atoms with Crippen molar-refractivity contribution in [3.8, 4) is 0 Å². The third-order valence-electron chi connectivity index (χ3n) is 1.90. The Bertz CT molecular complexity index is 438. The fourth-order valence-corrected chi connectivity index (χ4v) is 1.68. The van der Waals surface area contributed by atoms with Gasteiger partial charge in [0.2, 0.25) is 0 Å². The van der Waals surface area contributed by atoms with Gasteiger partial charge >= 0.3 is 5.97 Å². The molecule has 0 aromatic carbocycles. The van der Waals surface area contributed by atoms with Crippen LogP contribution >= 0.6 is 11.8 Å². The van der Waals surface area contributed by atoms with Crippen molar-refractivity contribution in [3.63, 3.8) is 0 Å². The number of pyridine rings is 1. The summed E-state index contributed by atoms with van der Waals surface area (Å²) in [4.78, 5) is 26.0. The average Bonchev–Trinajstić information content (AvgIpc) is 2.25.